The van der Waals surface area contributed by atoms with E-state index in [0.29, 0.717) is 16.1 Å². The molecule has 0 N–H and O–H groups in total. The monoisotopic (exact) mass is 232 g/mol. The average molecular weight is 232 g/mol. The lowest BCUT2D eigenvalue weighted by molar-refractivity contribution is 0.468. The SMILES string of the molecule is Cc1ccc2c(n1)sc1c(=O)oc(C)nc12. The van der Waals surface area contributed by atoms with E-state index in [9.17, 15) is 4.79 Å². The second-order valence-corrected chi connectivity index (χ2v) is 4.60. The zero-order chi connectivity index (χ0) is 11.3. The van der Waals surface area contributed by atoms with E-state index in [0.717, 1.165) is 15.9 Å². The molecule has 5 heteroatoms. The van der Waals surface area contributed by atoms with Crippen molar-refractivity contribution in [3.05, 3.63) is 34.1 Å². The lowest BCUT2D eigenvalue weighted by atomic mass is 10.3. The standard InChI is InChI=1S/C11H8N2O2S/c1-5-3-4-7-8-9(16-10(7)12-5)11(14)15-6(2)13-8/h3-4H,1-2H3. The first-order valence-electron chi connectivity index (χ1n) is 4.83. The minimum absolute atomic E-state index is 0.330. The summed E-state index contributed by atoms with van der Waals surface area (Å²) in [6.45, 7) is 3.59. The van der Waals surface area contributed by atoms with Crippen LogP contribution in [0.4, 0.5) is 0 Å². The fraction of sp³-hybridized carbons (Fsp3) is 0.182. The first-order valence-corrected chi connectivity index (χ1v) is 5.64. The van der Waals surface area contributed by atoms with Crippen LogP contribution in [-0.4, -0.2) is 9.97 Å². The van der Waals surface area contributed by atoms with Gasteiger partial charge in [0.25, 0.3) is 0 Å². The van der Waals surface area contributed by atoms with Crippen LogP contribution in [0.15, 0.2) is 21.3 Å². The number of aryl methyl sites for hydroxylation is 2. The highest BCUT2D eigenvalue weighted by atomic mass is 32.1. The zero-order valence-corrected chi connectivity index (χ0v) is 9.59. The van der Waals surface area contributed by atoms with Gasteiger partial charge in [-0.15, -0.1) is 11.3 Å². The molecule has 0 saturated heterocycles. The van der Waals surface area contributed by atoms with E-state index in [1.54, 1.807) is 6.92 Å². The molecule has 3 heterocycles. The van der Waals surface area contributed by atoms with E-state index < -0.39 is 0 Å². The molecule has 80 valence electrons. The van der Waals surface area contributed by atoms with Gasteiger partial charge in [-0.1, -0.05) is 0 Å². The molecule has 0 bridgehead atoms. The van der Waals surface area contributed by atoms with Gasteiger partial charge in [-0.25, -0.2) is 14.8 Å². The minimum atomic E-state index is -0.330. The maximum Gasteiger partial charge on any atom is 0.357 e. The molecular formula is C11H8N2O2S. The molecule has 0 aromatic carbocycles. The van der Waals surface area contributed by atoms with E-state index in [-0.39, 0.29) is 5.63 Å². The molecule has 0 amide bonds. The number of hydrogen-bond acceptors (Lipinski definition) is 5. The molecule has 16 heavy (non-hydrogen) atoms. The Labute approximate surface area is 94.6 Å². The summed E-state index contributed by atoms with van der Waals surface area (Å²) in [7, 11) is 0. The van der Waals surface area contributed by atoms with Crippen LogP contribution in [0, 0.1) is 13.8 Å². The highest BCUT2D eigenvalue weighted by Gasteiger charge is 2.12. The van der Waals surface area contributed by atoms with Gasteiger partial charge in [0.15, 0.2) is 5.89 Å². The number of pyridine rings is 1. The Morgan fingerprint density at radius 1 is 1.25 bits per heavy atom. The van der Waals surface area contributed by atoms with Crippen molar-refractivity contribution in [3.8, 4) is 0 Å². The third kappa shape index (κ3) is 1.25. The Balaban J connectivity index is 2.61. The predicted molar refractivity (Wildman–Crippen MR) is 62.9 cm³/mol. The fourth-order valence-corrected chi connectivity index (χ4v) is 2.70. The summed E-state index contributed by atoms with van der Waals surface area (Å²) in [5.74, 6) is 0.387. The third-order valence-corrected chi connectivity index (χ3v) is 3.43. The van der Waals surface area contributed by atoms with Crippen LogP contribution in [-0.2, 0) is 0 Å². The van der Waals surface area contributed by atoms with Crippen LogP contribution in [0.1, 0.15) is 11.6 Å². The van der Waals surface area contributed by atoms with Crippen molar-refractivity contribution in [1.82, 2.24) is 9.97 Å². The number of rotatable bonds is 0. The van der Waals surface area contributed by atoms with E-state index in [1.165, 1.54) is 11.3 Å². The largest absolute Gasteiger partial charge is 0.408 e. The summed E-state index contributed by atoms with van der Waals surface area (Å²) in [4.78, 5) is 21.1. The van der Waals surface area contributed by atoms with Crippen molar-refractivity contribution in [2.24, 2.45) is 0 Å². The first-order chi connectivity index (χ1) is 7.65. The van der Waals surface area contributed by atoms with Crippen LogP contribution >= 0.6 is 11.3 Å². The molecule has 0 saturated carbocycles. The Morgan fingerprint density at radius 3 is 2.88 bits per heavy atom. The van der Waals surface area contributed by atoms with Crippen molar-refractivity contribution in [2.75, 3.05) is 0 Å². The van der Waals surface area contributed by atoms with Gasteiger partial charge in [0.05, 0.1) is 0 Å². The lowest BCUT2D eigenvalue weighted by Crippen LogP contribution is -1.99. The van der Waals surface area contributed by atoms with Gasteiger partial charge in [-0.2, -0.15) is 0 Å². The number of nitrogens with zero attached hydrogens (tertiary/aromatic N) is 2. The van der Waals surface area contributed by atoms with Crippen LogP contribution in [0.3, 0.4) is 0 Å². The number of thiophene rings is 1. The molecule has 0 radical (unpaired) electrons. The van der Waals surface area contributed by atoms with Gasteiger partial charge in [-0.05, 0) is 19.1 Å². The van der Waals surface area contributed by atoms with Crippen LogP contribution in [0.25, 0.3) is 20.4 Å². The second-order valence-electron chi connectivity index (χ2n) is 3.61. The van der Waals surface area contributed by atoms with Crippen molar-refractivity contribution >= 4 is 31.8 Å². The Bertz CT molecular complexity index is 758. The van der Waals surface area contributed by atoms with Crippen molar-refractivity contribution in [2.45, 2.75) is 13.8 Å². The van der Waals surface area contributed by atoms with Gasteiger partial charge in [-0.3, -0.25) is 0 Å². The second kappa shape index (κ2) is 3.12. The maximum atomic E-state index is 11.6. The molecule has 0 atom stereocenters. The number of fused-ring (bicyclic) bond motifs is 3. The molecule has 0 unspecified atom stereocenters. The highest BCUT2D eigenvalue weighted by Crippen LogP contribution is 2.29. The third-order valence-electron chi connectivity index (χ3n) is 2.36. The average Bonchev–Trinajstić information content (AvgIpc) is 2.56. The summed E-state index contributed by atoms with van der Waals surface area (Å²) in [6, 6.07) is 3.86. The first kappa shape index (κ1) is 9.47. The van der Waals surface area contributed by atoms with Crippen LogP contribution in [0.2, 0.25) is 0 Å². The minimum Gasteiger partial charge on any atom is -0.408 e. The van der Waals surface area contributed by atoms with Gasteiger partial charge < -0.3 is 4.42 Å². The van der Waals surface area contributed by atoms with E-state index in [2.05, 4.69) is 9.97 Å². The molecule has 0 aliphatic rings. The smallest absolute Gasteiger partial charge is 0.357 e. The summed E-state index contributed by atoms with van der Waals surface area (Å²) in [6.07, 6.45) is 0. The summed E-state index contributed by atoms with van der Waals surface area (Å²) >= 11 is 1.33. The molecule has 4 nitrogen and oxygen atoms in total. The Kier molecular flexibility index (Phi) is 1.85. The highest BCUT2D eigenvalue weighted by molar-refractivity contribution is 7.25. The van der Waals surface area contributed by atoms with Gasteiger partial charge in [0, 0.05) is 18.0 Å². The number of aromatic nitrogens is 2. The van der Waals surface area contributed by atoms with Gasteiger partial charge in [0.2, 0.25) is 0 Å². The molecule has 0 spiro atoms. The Morgan fingerprint density at radius 2 is 2.06 bits per heavy atom. The van der Waals surface area contributed by atoms with Crippen LogP contribution in [0.5, 0.6) is 0 Å². The Hall–Kier alpha value is -1.75. The molecular weight excluding hydrogens is 224 g/mol. The summed E-state index contributed by atoms with van der Waals surface area (Å²) < 4.78 is 5.51. The van der Waals surface area contributed by atoms with Crippen molar-refractivity contribution in [1.29, 1.82) is 0 Å². The molecule has 0 aliphatic heterocycles. The van der Waals surface area contributed by atoms with Crippen LogP contribution < -0.4 is 5.63 Å². The topological polar surface area (TPSA) is 56.0 Å². The molecule has 0 aliphatic carbocycles. The normalized spacial score (nSPS) is 11.4. The maximum absolute atomic E-state index is 11.6. The van der Waals surface area contributed by atoms with E-state index in [4.69, 9.17) is 4.42 Å². The quantitative estimate of drug-likeness (QED) is 0.597. The molecule has 3 aromatic rings. The van der Waals surface area contributed by atoms with E-state index >= 15 is 0 Å². The van der Waals surface area contributed by atoms with E-state index in [1.807, 2.05) is 19.1 Å². The zero-order valence-electron chi connectivity index (χ0n) is 8.77. The van der Waals surface area contributed by atoms with Crippen molar-refractivity contribution in [3.63, 3.8) is 0 Å². The van der Waals surface area contributed by atoms with Crippen molar-refractivity contribution < 1.29 is 4.42 Å². The lowest BCUT2D eigenvalue weighted by Gasteiger charge is -1.92. The fourth-order valence-electron chi connectivity index (χ4n) is 1.67. The molecule has 3 aromatic heterocycles. The van der Waals surface area contributed by atoms with Gasteiger partial charge >= 0.3 is 5.63 Å². The van der Waals surface area contributed by atoms with Gasteiger partial charge in [0.1, 0.15) is 15.0 Å². The molecule has 3 rings (SSSR count). The number of hydrogen-bond donors (Lipinski definition) is 0. The predicted octanol–water partition coefficient (Wildman–Crippen LogP) is 2.41. The summed E-state index contributed by atoms with van der Waals surface area (Å²) in [5.41, 5.74) is 1.30. The molecule has 0 fully saturated rings. The summed E-state index contributed by atoms with van der Waals surface area (Å²) in [5, 5.41) is 0.918.